The lowest BCUT2D eigenvalue weighted by atomic mass is 10.3. The molecule has 0 rings (SSSR count). The van der Waals surface area contributed by atoms with Gasteiger partial charge in [-0.15, -0.1) is 0 Å². The van der Waals surface area contributed by atoms with Gasteiger partial charge in [-0.1, -0.05) is 15.9 Å². The van der Waals surface area contributed by atoms with Gasteiger partial charge < -0.3 is 10.1 Å². The summed E-state index contributed by atoms with van der Waals surface area (Å²) in [4.78, 5) is 10.9. The SMILES string of the molecule is O=C(CCC(F)(F)F)NCCCOCCBr. The van der Waals surface area contributed by atoms with E-state index in [0.29, 0.717) is 26.2 Å². The van der Waals surface area contributed by atoms with Crippen molar-refractivity contribution in [3.05, 3.63) is 0 Å². The van der Waals surface area contributed by atoms with Gasteiger partial charge in [0.1, 0.15) is 0 Å². The maximum Gasteiger partial charge on any atom is 0.389 e. The Balaban J connectivity index is 3.31. The van der Waals surface area contributed by atoms with Crippen LogP contribution in [0.25, 0.3) is 0 Å². The Morgan fingerprint density at radius 3 is 2.56 bits per heavy atom. The number of carbonyl (C=O) groups is 1. The molecule has 0 fully saturated rings. The number of alkyl halides is 4. The van der Waals surface area contributed by atoms with Gasteiger partial charge in [0.25, 0.3) is 0 Å². The number of hydrogen-bond donors (Lipinski definition) is 1. The van der Waals surface area contributed by atoms with Crippen LogP contribution < -0.4 is 5.32 Å². The molecule has 0 aromatic carbocycles. The second kappa shape index (κ2) is 8.81. The summed E-state index contributed by atoms with van der Waals surface area (Å²) in [7, 11) is 0. The molecule has 0 aliphatic heterocycles. The van der Waals surface area contributed by atoms with Gasteiger partial charge in [0.05, 0.1) is 13.0 Å². The lowest BCUT2D eigenvalue weighted by Gasteiger charge is -2.07. The normalized spacial score (nSPS) is 11.5. The van der Waals surface area contributed by atoms with Crippen molar-refractivity contribution < 1.29 is 22.7 Å². The number of halogens is 4. The van der Waals surface area contributed by atoms with Crippen molar-refractivity contribution >= 4 is 21.8 Å². The van der Waals surface area contributed by atoms with Crippen LogP contribution in [0.15, 0.2) is 0 Å². The minimum Gasteiger partial charge on any atom is -0.381 e. The predicted octanol–water partition coefficient (Wildman–Crippen LogP) is 2.25. The first-order valence-electron chi connectivity index (χ1n) is 4.93. The van der Waals surface area contributed by atoms with Gasteiger partial charge in [-0.05, 0) is 6.42 Å². The Morgan fingerprint density at radius 2 is 2.00 bits per heavy atom. The first-order chi connectivity index (χ1) is 7.45. The minimum atomic E-state index is -4.27. The van der Waals surface area contributed by atoms with Gasteiger partial charge >= 0.3 is 6.18 Å². The molecule has 0 atom stereocenters. The molecule has 0 aromatic rings. The topological polar surface area (TPSA) is 38.3 Å². The molecular formula is C9H15BrF3NO2. The van der Waals surface area contributed by atoms with Gasteiger partial charge in [-0.25, -0.2) is 0 Å². The molecule has 0 bridgehead atoms. The summed E-state index contributed by atoms with van der Waals surface area (Å²) >= 11 is 3.18. The van der Waals surface area contributed by atoms with E-state index in [0.717, 1.165) is 5.33 Å². The van der Waals surface area contributed by atoms with Crippen molar-refractivity contribution in [3.63, 3.8) is 0 Å². The van der Waals surface area contributed by atoms with Crippen LogP contribution in [0, 0.1) is 0 Å². The highest BCUT2D eigenvalue weighted by atomic mass is 79.9. The maximum atomic E-state index is 11.7. The smallest absolute Gasteiger partial charge is 0.381 e. The van der Waals surface area contributed by atoms with Gasteiger partial charge in [-0.3, -0.25) is 4.79 Å². The highest BCUT2D eigenvalue weighted by Crippen LogP contribution is 2.20. The van der Waals surface area contributed by atoms with Crippen molar-refractivity contribution in [2.45, 2.75) is 25.4 Å². The minimum absolute atomic E-state index is 0.346. The van der Waals surface area contributed by atoms with Crippen molar-refractivity contribution in [2.24, 2.45) is 0 Å². The van der Waals surface area contributed by atoms with Crippen LogP contribution in [0.2, 0.25) is 0 Å². The third-order valence-electron chi connectivity index (χ3n) is 1.64. The lowest BCUT2D eigenvalue weighted by molar-refractivity contribution is -0.144. The monoisotopic (exact) mass is 305 g/mol. The van der Waals surface area contributed by atoms with Crippen molar-refractivity contribution in [1.29, 1.82) is 0 Å². The van der Waals surface area contributed by atoms with E-state index in [4.69, 9.17) is 4.74 Å². The summed E-state index contributed by atoms with van der Waals surface area (Å²) in [6, 6.07) is 0. The largest absolute Gasteiger partial charge is 0.389 e. The molecule has 3 nitrogen and oxygen atoms in total. The molecule has 0 spiro atoms. The van der Waals surface area contributed by atoms with Gasteiger partial charge in [0, 0.05) is 24.9 Å². The van der Waals surface area contributed by atoms with E-state index in [1.165, 1.54) is 0 Å². The average molecular weight is 306 g/mol. The van der Waals surface area contributed by atoms with E-state index in [-0.39, 0.29) is 0 Å². The first kappa shape index (κ1) is 15.7. The molecule has 0 unspecified atom stereocenters. The number of amides is 1. The Morgan fingerprint density at radius 1 is 1.31 bits per heavy atom. The summed E-state index contributed by atoms with van der Waals surface area (Å²) < 4.78 is 40.3. The number of hydrogen-bond acceptors (Lipinski definition) is 2. The van der Waals surface area contributed by atoms with Gasteiger partial charge in [0.2, 0.25) is 5.91 Å². The molecule has 1 N–H and O–H groups in total. The highest BCUT2D eigenvalue weighted by Gasteiger charge is 2.27. The first-order valence-corrected chi connectivity index (χ1v) is 6.05. The number of nitrogens with one attached hydrogen (secondary N) is 1. The van der Waals surface area contributed by atoms with Crippen LogP contribution in [0.5, 0.6) is 0 Å². The number of carbonyl (C=O) groups excluding carboxylic acids is 1. The second-order valence-electron chi connectivity index (χ2n) is 3.12. The van der Waals surface area contributed by atoms with Crippen molar-refractivity contribution in [3.8, 4) is 0 Å². The van der Waals surface area contributed by atoms with Gasteiger partial charge in [-0.2, -0.15) is 13.2 Å². The van der Waals surface area contributed by atoms with Crippen molar-refractivity contribution in [1.82, 2.24) is 5.32 Å². The molecule has 0 saturated carbocycles. The fraction of sp³-hybridized carbons (Fsp3) is 0.889. The Kier molecular flexibility index (Phi) is 8.64. The number of rotatable bonds is 8. The fourth-order valence-corrected chi connectivity index (χ4v) is 1.13. The standard InChI is InChI=1S/C9H15BrF3NO2/c10-4-7-16-6-1-5-14-8(15)2-3-9(11,12)13/h1-7H2,(H,14,15). The van der Waals surface area contributed by atoms with E-state index in [9.17, 15) is 18.0 Å². The quantitative estimate of drug-likeness (QED) is 0.552. The molecular weight excluding hydrogens is 291 g/mol. The molecule has 1 amide bonds. The van der Waals surface area contributed by atoms with Crippen LogP contribution in [-0.4, -0.2) is 37.2 Å². The molecule has 96 valence electrons. The molecule has 16 heavy (non-hydrogen) atoms. The highest BCUT2D eigenvalue weighted by molar-refractivity contribution is 9.09. The maximum absolute atomic E-state index is 11.7. The van der Waals surface area contributed by atoms with E-state index in [2.05, 4.69) is 21.2 Å². The van der Waals surface area contributed by atoms with Crippen molar-refractivity contribution in [2.75, 3.05) is 25.1 Å². The lowest BCUT2D eigenvalue weighted by Crippen LogP contribution is -2.26. The van der Waals surface area contributed by atoms with Crippen LogP contribution in [0.4, 0.5) is 13.2 Å². The van der Waals surface area contributed by atoms with E-state index >= 15 is 0 Å². The summed E-state index contributed by atoms with van der Waals surface area (Å²) in [6.45, 7) is 1.42. The van der Waals surface area contributed by atoms with Gasteiger partial charge in [0.15, 0.2) is 0 Å². The zero-order valence-corrected chi connectivity index (χ0v) is 10.4. The van der Waals surface area contributed by atoms with E-state index in [1.807, 2.05) is 0 Å². The second-order valence-corrected chi connectivity index (χ2v) is 3.91. The molecule has 0 aliphatic rings. The zero-order chi connectivity index (χ0) is 12.4. The fourth-order valence-electron chi connectivity index (χ4n) is 0.902. The Bertz CT molecular complexity index is 200. The van der Waals surface area contributed by atoms with Crippen LogP contribution in [-0.2, 0) is 9.53 Å². The zero-order valence-electron chi connectivity index (χ0n) is 8.78. The predicted molar refractivity (Wildman–Crippen MR) is 57.5 cm³/mol. The van der Waals surface area contributed by atoms with E-state index in [1.54, 1.807) is 0 Å². The molecule has 0 aromatic heterocycles. The van der Waals surface area contributed by atoms with E-state index < -0.39 is 24.9 Å². The third-order valence-corrected chi connectivity index (χ3v) is 1.97. The third kappa shape index (κ3) is 11.8. The summed E-state index contributed by atoms with van der Waals surface area (Å²) in [5, 5.41) is 3.14. The van der Waals surface area contributed by atoms with Crippen LogP contribution >= 0.6 is 15.9 Å². The summed E-state index contributed by atoms with van der Waals surface area (Å²) in [6.07, 6.45) is -5.24. The molecule has 0 radical (unpaired) electrons. The summed E-state index contributed by atoms with van der Waals surface area (Å²) in [5.74, 6) is -0.571. The average Bonchev–Trinajstić information content (AvgIpc) is 2.19. The number of ether oxygens (including phenoxy) is 1. The molecule has 0 aliphatic carbocycles. The molecule has 0 heterocycles. The Hall–Kier alpha value is -0.300. The molecule has 7 heteroatoms. The summed E-state index contributed by atoms with van der Waals surface area (Å²) in [5.41, 5.74) is 0. The molecule has 0 saturated heterocycles. The van der Waals surface area contributed by atoms with Crippen LogP contribution in [0.3, 0.4) is 0 Å². The Labute approximate surface area is 101 Å². The van der Waals surface area contributed by atoms with Crippen LogP contribution in [0.1, 0.15) is 19.3 Å².